The normalized spacial score (nSPS) is 10.7. The number of hydrogen-bond acceptors (Lipinski definition) is 5. The molecule has 3 aromatic rings. The van der Waals surface area contributed by atoms with Crippen LogP contribution in [0, 0.1) is 0 Å². The molecule has 0 atom stereocenters. The lowest BCUT2D eigenvalue weighted by atomic mass is 10.1. The average molecular weight is 432 g/mol. The Balaban J connectivity index is 2.02. The molecule has 0 unspecified atom stereocenters. The number of aryl methyl sites for hydroxylation is 1. The average Bonchev–Trinajstić information content (AvgIpc) is 3.08. The highest BCUT2D eigenvalue weighted by molar-refractivity contribution is 9.10. The van der Waals surface area contributed by atoms with Gasteiger partial charge in [-0.05, 0) is 59.1 Å². The number of nitrogens with one attached hydrogen (secondary N) is 1. The third-order valence-corrected chi connectivity index (χ3v) is 5.65. The molecule has 0 radical (unpaired) electrons. The van der Waals surface area contributed by atoms with Crippen LogP contribution in [-0.2, 0) is 12.8 Å². The number of rotatable bonds is 6. The summed E-state index contributed by atoms with van der Waals surface area (Å²) in [6.45, 7) is 4.17. The predicted molar refractivity (Wildman–Crippen MR) is 108 cm³/mol. The van der Waals surface area contributed by atoms with Crippen molar-refractivity contribution in [2.24, 2.45) is 0 Å². The highest BCUT2D eigenvalue weighted by Crippen LogP contribution is 2.31. The first-order valence-corrected chi connectivity index (χ1v) is 9.93. The molecule has 0 aliphatic carbocycles. The van der Waals surface area contributed by atoms with Crippen molar-refractivity contribution >= 4 is 44.7 Å². The zero-order valence-corrected chi connectivity index (χ0v) is 16.8. The molecular formula is C19H18BrN3O2S. The molecule has 134 valence electrons. The van der Waals surface area contributed by atoms with Crippen LogP contribution in [0.4, 0.5) is 11.5 Å². The molecule has 0 aliphatic heterocycles. The van der Waals surface area contributed by atoms with Crippen molar-refractivity contribution in [2.75, 3.05) is 5.32 Å². The van der Waals surface area contributed by atoms with Gasteiger partial charge in [0, 0.05) is 26.8 Å². The van der Waals surface area contributed by atoms with Gasteiger partial charge in [-0.15, -0.1) is 11.3 Å². The van der Waals surface area contributed by atoms with E-state index in [9.17, 15) is 4.79 Å². The van der Waals surface area contributed by atoms with Crippen LogP contribution in [0.3, 0.4) is 0 Å². The van der Waals surface area contributed by atoms with E-state index in [4.69, 9.17) is 15.1 Å². The van der Waals surface area contributed by atoms with Gasteiger partial charge < -0.3 is 10.4 Å². The van der Waals surface area contributed by atoms with Crippen molar-refractivity contribution in [2.45, 2.75) is 26.7 Å². The Bertz CT molecular complexity index is 938. The van der Waals surface area contributed by atoms with Crippen molar-refractivity contribution in [1.82, 2.24) is 9.97 Å². The molecule has 0 saturated heterocycles. The zero-order chi connectivity index (χ0) is 18.7. The van der Waals surface area contributed by atoms with Crippen LogP contribution in [0.2, 0.25) is 0 Å². The highest BCUT2D eigenvalue weighted by atomic mass is 79.9. The van der Waals surface area contributed by atoms with Crippen LogP contribution in [0.15, 0.2) is 40.2 Å². The molecule has 0 bridgehead atoms. The van der Waals surface area contributed by atoms with Gasteiger partial charge in [-0.25, -0.2) is 14.8 Å². The summed E-state index contributed by atoms with van der Waals surface area (Å²) >= 11 is 5.07. The number of aromatic carboxylic acids is 1. The van der Waals surface area contributed by atoms with E-state index in [0.29, 0.717) is 5.82 Å². The minimum atomic E-state index is -0.938. The molecular weight excluding hydrogens is 414 g/mol. The Kier molecular flexibility index (Phi) is 5.68. The minimum Gasteiger partial charge on any atom is -0.478 e. The van der Waals surface area contributed by atoms with Gasteiger partial charge in [-0.2, -0.15) is 0 Å². The molecule has 2 N–H and O–H groups in total. The second kappa shape index (κ2) is 7.97. The lowest BCUT2D eigenvalue weighted by Gasteiger charge is -2.15. The summed E-state index contributed by atoms with van der Waals surface area (Å²) in [5.74, 6) is 0.521. The molecule has 0 saturated carbocycles. The van der Waals surface area contributed by atoms with Gasteiger partial charge in [0.05, 0.1) is 10.4 Å². The smallest absolute Gasteiger partial charge is 0.335 e. The third kappa shape index (κ3) is 3.94. The van der Waals surface area contributed by atoms with E-state index in [1.165, 1.54) is 0 Å². The summed E-state index contributed by atoms with van der Waals surface area (Å²) in [4.78, 5) is 21.5. The molecule has 2 aromatic heterocycles. The van der Waals surface area contributed by atoms with Crippen molar-refractivity contribution in [1.29, 1.82) is 0 Å². The van der Waals surface area contributed by atoms with Gasteiger partial charge in [-0.1, -0.05) is 13.8 Å². The number of carboxylic acids is 1. The van der Waals surface area contributed by atoms with E-state index in [2.05, 4.69) is 35.1 Å². The summed E-state index contributed by atoms with van der Waals surface area (Å²) in [6, 6.07) is 8.66. The van der Waals surface area contributed by atoms with E-state index < -0.39 is 5.97 Å². The molecule has 1 aromatic carbocycles. The van der Waals surface area contributed by atoms with Crippen LogP contribution in [0.5, 0.6) is 0 Å². The first-order valence-electron chi connectivity index (χ1n) is 8.26. The standard InChI is InChI=1S/C19H18BrN3O2S/c1-3-14-15(4-2)22-18(16-9-12(20)10-26-16)23-17(14)21-13-7-5-11(6-8-13)19(24)25/h5-10H,3-4H2,1-2H3,(H,24,25)(H,21,22,23). The fraction of sp³-hybridized carbons (Fsp3) is 0.211. The SMILES string of the molecule is CCc1nc(-c2cc(Br)cs2)nc(Nc2ccc(C(=O)O)cc2)c1CC. The minimum absolute atomic E-state index is 0.257. The van der Waals surface area contributed by atoms with E-state index in [-0.39, 0.29) is 5.56 Å². The molecule has 0 aliphatic rings. The summed E-state index contributed by atoms with van der Waals surface area (Å²) in [5.41, 5.74) is 3.15. The van der Waals surface area contributed by atoms with Gasteiger partial charge in [-0.3, -0.25) is 0 Å². The molecule has 0 fully saturated rings. The zero-order valence-electron chi connectivity index (χ0n) is 14.4. The summed E-state index contributed by atoms with van der Waals surface area (Å²) < 4.78 is 1.01. The topological polar surface area (TPSA) is 75.1 Å². The molecule has 0 spiro atoms. The van der Waals surface area contributed by atoms with Gasteiger partial charge in [0.25, 0.3) is 0 Å². The number of anilines is 2. The predicted octanol–water partition coefficient (Wildman–Crippen LogP) is 5.53. The number of nitrogens with zero attached hydrogens (tertiary/aromatic N) is 2. The van der Waals surface area contributed by atoms with Crippen LogP contribution in [0.25, 0.3) is 10.7 Å². The Hall–Kier alpha value is -2.25. The molecule has 26 heavy (non-hydrogen) atoms. The van der Waals surface area contributed by atoms with Crippen molar-refractivity contribution in [3.8, 4) is 10.7 Å². The fourth-order valence-corrected chi connectivity index (χ4v) is 4.03. The number of aromatic nitrogens is 2. The van der Waals surface area contributed by atoms with E-state index in [1.807, 2.05) is 11.4 Å². The van der Waals surface area contributed by atoms with Gasteiger partial charge in [0.15, 0.2) is 5.82 Å². The maximum atomic E-state index is 11.0. The highest BCUT2D eigenvalue weighted by Gasteiger charge is 2.15. The second-order valence-electron chi connectivity index (χ2n) is 5.66. The van der Waals surface area contributed by atoms with Crippen molar-refractivity contribution in [3.05, 3.63) is 57.0 Å². The van der Waals surface area contributed by atoms with Crippen LogP contribution >= 0.6 is 27.3 Å². The number of thiophene rings is 1. The van der Waals surface area contributed by atoms with Crippen molar-refractivity contribution < 1.29 is 9.90 Å². The van der Waals surface area contributed by atoms with Crippen LogP contribution in [0.1, 0.15) is 35.5 Å². The Labute approximate surface area is 164 Å². The Morgan fingerprint density at radius 2 is 1.92 bits per heavy atom. The molecule has 2 heterocycles. The molecule has 0 amide bonds. The third-order valence-electron chi connectivity index (χ3n) is 3.96. The number of benzene rings is 1. The molecule has 7 heteroatoms. The monoisotopic (exact) mass is 431 g/mol. The maximum Gasteiger partial charge on any atom is 0.335 e. The number of carboxylic acid groups (broad SMARTS) is 1. The summed E-state index contributed by atoms with van der Waals surface area (Å²) in [6.07, 6.45) is 1.63. The second-order valence-corrected chi connectivity index (χ2v) is 7.49. The lowest BCUT2D eigenvalue weighted by Crippen LogP contribution is -2.07. The largest absolute Gasteiger partial charge is 0.478 e. The quantitative estimate of drug-likeness (QED) is 0.536. The van der Waals surface area contributed by atoms with Gasteiger partial charge >= 0.3 is 5.97 Å². The number of carbonyl (C=O) groups is 1. The van der Waals surface area contributed by atoms with Gasteiger partial charge in [0.1, 0.15) is 5.82 Å². The molecule has 5 nitrogen and oxygen atoms in total. The van der Waals surface area contributed by atoms with E-state index >= 15 is 0 Å². The maximum absolute atomic E-state index is 11.0. The fourth-order valence-electron chi connectivity index (χ4n) is 2.67. The first kappa shape index (κ1) is 18.5. The Morgan fingerprint density at radius 3 is 2.46 bits per heavy atom. The van der Waals surface area contributed by atoms with Crippen molar-refractivity contribution in [3.63, 3.8) is 0 Å². The summed E-state index contributed by atoms with van der Waals surface area (Å²) in [7, 11) is 0. The lowest BCUT2D eigenvalue weighted by molar-refractivity contribution is 0.0697. The van der Waals surface area contributed by atoms with Crippen LogP contribution in [-0.4, -0.2) is 21.0 Å². The summed E-state index contributed by atoms with van der Waals surface area (Å²) in [5, 5.41) is 14.4. The Morgan fingerprint density at radius 1 is 1.19 bits per heavy atom. The van der Waals surface area contributed by atoms with E-state index in [0.717, 1.165) is 45.0 Å². The molecule has 3 rings (SSSR count). The first-order chi connectivity index (χ1) is 12.5. The number of hydrogen-bond donors (Lipinski definition) is 2. The van der Waals surface area contributed by atoms with Gasteiger partial charge in [0.2, 0.25) is 0 Å². The van der Waals surface area contributed by atoms with Crippen LogP contribution < -0.4 is 5.32 Å². The van der Waals surface area contributed by atoms with E-state index in [1.54, 1.807) is 35.6 Å². The number of halogens is 1.